The summed E-state index contributed by atoms with van der Waals surface area (Å²) in [5.41, 5.74) is 4.36. The largest absolute Gasteiger partial charge is 0.298 e. The Morgan fingerprint density at radius 3 is 2.28 bits per heavy atom. The number of halogens is 4. The number of amidine groups is 1. The topological polar surface area (TPSA) is 104 Å². The van der Waals surface area contributed by atoms with Gasteiger partial charge in [0.2, 0.25) is 6.04 Å². The van der Waals surface area contributed by atoms with Crippen LogP contribution in [0.15, 0.2) is 88.0 Å². The number of benzene rings is 4. The van der Waals surface area contributed by atoms with Crippen molar-refractivity contribution in [3.8, 4) is 0 Å². The molecule has 6 rings (SSSR count). The lowest BCUT2D eigenvalue weighted by Gasteiger charge is -2.19. The molecule has 1 saturated heterocycles. The van der Waals surface area contributed by atoms with Gasteiger partial charge in [-0.15, -0.1) is 0 Å². The van der Waals surface area contributed by atoms with Crippen molar-refractivity contribution in [1.82, 2.24) is 5.43 Å². The third-order valence-electron chi connectivity index (χ3n) is 7.34. The number of nitrogens with zero attached hydrogens (tertiary/aromatic N) is 4. The fourth-order valence-corrected chi connectivity index (χ4v) is 6.37. The second kappa shape index (κ2) is 11.7. The molecule has 3 unspecified atom stereocenters. The smallest absolute Gasteiger partial charge is 0.280 e. The lowest BCUT2D eigenvalue weighted by atomic mass is 9.94. The highest BCUT2D eigenvalue weighted by Crippen LogP contribution is 2.39. The van der Waals surface area contributed by atoms with Crippen molar-refractivity contribution >= 4 is 97.5 Å². The van der Waals surface area contributed by atoms with E-state index in [-0.39, 0.29) is 56.2 Å². The van der Waals surface area contributed by atoms with Crippen LogP contribution < -0.4 is 10.4 Å². The molecule has 0 spiro atoms. The first-order chi connectivity index (χ1) is 20.6. The number of ketones is 2. The number of nitrogens with one attached hydrogen (secondary N) is 1. The predicted molar refractivity (Wildman–Crippen MR) is 169 cm³/mol. The van der Waals surface area contributed by atoms with E-state index in [1.807, 2.05) is 36.4 Å². The van der Waals surface area contributed by atoms with Crippen molar-refractivity contribution in [3.63, 3.8) is 0 Å². The minimum absolute atomic E-state index is 0.0764. The minimum atomic E-state index is -1.24. The van der Waals surface area contributed by atoms with Crippen molar-refractivity contribution < 1.29 is 14.4 Å². The Bertz CT molecular complexity index is 1860. The molecule has 3 atom stereocenters. The maximum atomic E-state index is 13.8. The molecule has 0 bridgehead atoms. The molecule has 8 nitrogen and oxygen atoms in total. The molecule has 1 aliphatic heterocycles. The normalized spacial score (nSPS) is 21.5. The van der Waals surface area contributed by atoms with Gasteiger partial charge in [0.05, 0.1) is 26.4 Å². The van der Waals surface area contributed by atoms with Gasteiger partial charge in [0.15, 0.2) is 11.6 Å². The third kappa shape index (κ3) is 5.52. The van der Waals surface area contributed by atoms with Gasteiger partial charge in [-0.1, -0.05) is 95.8 Å². The van der Waals surface area contributed by atoms with Crippen molar-refractivity contribution in [1.29, 1.82) is 0 Å². The number of azo groups is 1. The highest BCUT2D eigenvalue weighted by atomic mass is 35.5. The first kappa shape index (κ1) is 29.3. The van der Waals surface area contributed by atoms with E-state index in [2.05, 4.69) is 20.6 Å². The van der Waals surface area contributed by atoms with Gasteiger partial charge in [0.25, 0.3) is 5.91 Å². The van der Waals surface area contributed by atoms with Crippen LogP contribution in [-0.2, 0) is 14.4 Å². The highest BCUT2D eigenvalue weighted by molar-refractivity contribution is 6.43. The molecule has 2 aliphatic rings. The molecule has 0 aromatic heterocycles. The number of hydrogen-bond acceptors (Lipinski definition) is 6. The molecule has 1 amide bonds. The molecule has 1 N–H and O–H groups in total. The van der Waals surface area contributed by atoms with Crippen molar-refractivity contribution in [2.24, 2.45) is 21.1 Å². The number of anilines is 1. The number of carbonyl (C=O) groups excluding carboxylic acids is 3. The Kier molecular flexibility index (Phi) is 7.96. The number of hydrogen-bond donors (Lipinski definition) is 1. The van der Waals surface area contributed by atoms with E-state index in [1.54, 1.807) is 31.2 Å². The second-order valence-corrected chi connectivity index (χ2v) is 11.9. The molecule has 1 heterocycles. The van der Waals surface area contributed by atoms with E-state index >= 15 is 0 Å². The van der Waals surface area contributed by atoms with Gasteiger partial charge in [-0.25, -0.2) is 10.0 Å². The van der Waals surface area contributed by atoms with Crippen LogP contribution in [0, 0.1) is 5.92 Å². The van der Waals surface area contributed by atoms with E-state index in [9.17, 15) is 14.4 Å². The van der Waals surface area contributed by atoms with Crippen molar-refractivity contribution in [3.05, 3.63) is 98.5 Å². The maximum absolute atomic E-state index is 13.8. The lowest BCUT2D eigenvalue weighted by Crippen LogP contribution is -2.36. The Morgan fingerprint density at radius 1 is 0.837 bits per heavy atom. The number of carbonyl (C=O) groups is 3. The number of aliphatic imine (C=N–C) groups is 1. The summed E-state index contributed by atoms with van der Waals surface area (Å²) in [4.78, 5) is 43.8. The van der Waals surface area contributed by atoms with Gasteiger partial charge in [-0.2, -0.15) is 10.2 Å². The number of Topliss-reactive ketones (excluding diaryl/α,β-unsaturated/α-hetero) is 2. The van der Waals surface area contributed by atoms with Crippen LogP contribution in [0.4, 0.5) is 17.1 Å². The number of amides is 1. The second-order valence-electron chi connectivity index (χ2n) is 10.2. The summed E-state index contributed by atoms with van der Waals surface area (Å²) in [6.07, 6.45) is 0.181. The molecule has 4 aromatic rings. The van der Waals surface area contributed by atoms with E-state index in [0.29, 0.717) is 16.3 Å². The Labute approximate surface area is 266 Å². The average molecular weight is 653 g/mol. The van der Waals surface area contributed by atoms with Gasteiger partial charge >= 0.3 is 0 Å². The predicted octanol–water partition coefficient (Wildman–Crippen LogP) is 8.45. The maximum Gasteiger partial charge on any atom is 0.280 e. The summed E-state index contributed by atoms with van der Waals surface area (Å²) in [6, 6.07) is 19.7. The zero-order chi connectivity index (χ0) is 30.4. The van der Waals surface area contributed by atoms with Crippen LogP contribution >= 0.6 is 46.4 Å². The van der Waals surface area contributed by atoms with Crippen LogP contribution in [0.25, 0.3) is 10.8 Å². The minimum Gasteiger partial charge on any atom is -0.298 e. The summed E-state index contributed by atoms with van der Waals surface area (Å²) < 4.78 is 0. The van der Waals surface area contributed by atoms with Gasteiger partial charge in [0, 0.05) is 22.7 Å². The monoisotopic (exact) mass is 651 g/mol. The summed E-state index contributed by atoms with van der Waals surface area (Å²) in [5, 5.41) is 12.5. The van der Waals surface area contributed by atoms with Crippen molar-refractivity contribution in [2.75, 3.05) is 5.01 Å². The third-order valence-corrected chi connectivity index (χ3v) is 8.45. The summed E-state index contributed by atoms with van der Waals surface area (Å²) in [7, 11) is 0. The Morgan fingerprint density at radius 2 is 1.56 bits per heavy atom. The zero-order valence-corrected chi connectivity index (χ0v) is 25.4. The van der Waals surface area contributed by atoms with Gasteiger partial charge in [-0.05, 0) is 41.3 Å². The van der Waals surface area contributed by atoms with Crippen LogP contribution in [-0.4, -0.2) is 29.4 Å². The van der Waals surface area contributed by atoms with E-state index < -0.39 is 17.9 Å². The standard InChI is InChI=1S/C31H21Cl4N5O3/c1-15-11-25(41)26(29(15)42)17-9-10-20(33)24(12-17)36-30-27(38-37-23-8-4-6-16-5-2-3-7-19(16)23)31(43)40(39-30)28-21(34)13-18(32)14-22(28)35/h2-10,12-15,26-27H,11H2,1H3,(H,36,39). The Balaban J connectivity index is 1.44. The molecule has 1 aliphatic carbocycles. The van der Waals surface area contributed by atoms with Crippen LogP contribution in [0.2, 0.25) is 20.1 Å². The van der Waals surface area contributed by atoms with Gasteiger partial charge in [-0.3, -0.25) is 19.8 Å². The molecule has 1 saturated carbocycles. The van der Waals surface area contributed by atoms with Crippen LogP contribution in [0.1, 0.15) is 24.8 Å². The molecular formula is C31H21Cl4N5O3. The summed E-state index contributed by atoms with van der Waals surface area (Å²) >= 11 is 25.5. The van der Waals surface area contributed by atoms with E-state index in [1.165, 1.54) is 12.1 Å². The van der Waals surface area contributed by atoms with Crippen LogP contribution in [0.3, 0.4) is 0 Å². The number of rotatable bonds is 5. The summed E-state index contributed by atoms with van der Waals surface area (Å²) in [5.74, 6) is -2.05. The van der Waals surface area contributed by atoms with Crippen molar-refractivity contribution in [2.45, 2.75) is 25.3 Å². The fraction of sp³-hybridized carbons (Fsp3) is 0.161. The highest BCUT2D eigenvalue weighted by Gasteiger charge is 2.42. The molecule has 43 heavy (non-hydrogen) atoms. The van der Waals surface area contributed by atoms with Crippen LogP contribution in [0.5, 0.6) is 0 Å². The fourth-order valence-electron chi connectivity index (χ4n) is 5.23. The molecule has 216 valence electrons. The van der Waals surface area contributed by atoms with Gasteiger partial charge in [0.1, 0.15) is 17.4 Å². The molecular weight excluding hydrogens is 632 g/mol. The Hall–Kier alpha value is -3.82. The molecule has 0 radical (unpaired) electrons. The van der Waals surface area contributed by atoms with Gasteiger partial charge < -0.3 is 0 Å². The van der Waals surface area contributed by atoms with E-state index in [4.69, 9.17) is 46.4 Å². The number of hydrazine groups is 1. The quantitative estimate of drug-likeness (QED) is 0.173. The molecule has 12 heteroatoms. The first-order valence-corrected chi connectivity index (χ1v) is 14.7. The number of fused-ring (bicyclic) bond motifs is 1. The summed E-state index contributed by atoms with van der Waals surface area (Å²) in [6.45, 7) is 1.73. The first-order valence-electron chi connectivity index (χ1n) is 13.2. The molecule has 4 aromatic carbocycles. The zero-order valence-electron chi connectivity index (χ0n) is 22.4. The average Bonchev–Trinajstić information content (AvgIpc) is 3.40. The lowest BCUT2D eigenvalue weighted by molar-refractivity contribution is -0.124. The van der Waals surface area contributed by atoms with E-state index in [0.717, 1.165) is 15.8 Å². The SMILES string of the molecule is CC1CC(=O)C(c2ccc(Cl)c(N=C3NN(c4c(Cl)cc(Cl)cc4Cl)C(=O)C3N=Nc3cccc4ccccc34)c2)C1=O. The molecule has 2 fully saturated rings.